The SMILES string of the molecule is C=CC(=O)COCC. The van der Waals surface area contributed by atoms with Crippen LogP contribution in [0, 0.1) is 0 Å². The van der Waals surface area contributed by atoms with Gasteiger partial charge in [0, 0.05) is 6.61 Å². The standard InChI is InChI=1S/C6H10O2/c1-3-6(7)5-8-4-2/h3H,1,4-5H2,2H3. The van der Waals surface area contributed by atoms with Gasteiger partial charge in [-0.3, -0.25) is 4.79 Å². The summed E-state index contributed by atoms with van der Waals surface area (Å²) in [5.41, 5.74) is 0. The summed E-state index contributed by atoms with van der Waals surface area (Å²) in [6.45, 7) is 5.88. The second-order valence-corrected chi connectivity index (χ2v) is 1.31. The summed E-state index contributed by atoms with van der Waals surface area (Å²) in [6.07, 6.45) is 1.26. The molecule has 0 rings (SSSR count). The van der Waals surface area contributed by atoms with E-state index in [4.69, 9.17) is 4.74 Å². The third-order valence-electron chi connectivity index (χ3n) is 0.676. The van der Waals surface area contributed by atoms with E-state index in [1.54, 1.807) is 0 Å². The summed E-state index contributed by atoms with van der Waals surface area (Å²) < 4.78 is 4.77. The maximum absolute atomic E-state index is 10.3. The van der Waals surface area contributed by atoms with Crippen molar-refractivity contribution in [3.8, 4) is 0 Å². The average molecular weight is 114 g/mol. The molecule has 0 fully saturated rings. The molecule has 0 aromatic heterocycles. The van der Waals surface area contributed by atoms with Crippen molar-refractivity contribution < 1.29 is 9.53 Å². The van der Waals surface area contributed by atoms with Crippen LogP contribution in [0.5, 0.6) is 0 Å². The molecule has 0 spiro atoms. The third kappa shape index (κ3) is 3.56. The predicted octanol–water partition coefficient (Wildman–Crippen LogP) is 0.778. The third-order valence-corrected chi connectivity index (χ3v) is 0.676. The Morgan fingerprint density at radius 3 is 2.88 bits per heavy atom. The topological polar surface area (TPSA) is 26.3 Å². The quantitative estimate of drug-likeness (QED) is 0.505. The van der Waals surface area contributed by atoms with Gasteiger partial charge in [-0.2, -0.15) is 0 Å². The van der Waals surface area contributed by atoms with Crippen LogP contribution in [0.1, 0.15) is 6.92 Å². The number of hydrogen-bond donors (Lipinski definition) is 0. The van der Waals surface area contributed by atoms with Gasteiger partial charge in [-0.1, -0.05) is 6.58 Å². The Morgan fingerprint density at radius 1 is 1.88 bits per heavy atom. The molecule has 0 aliphatic heterocycles. The molecule has 0 amide bonds. The summed E-state index contributed by atoms with van der Waals surface area (Å²) in [6, 6.07) is 0. The molecule has 0 saturated heterocycles. The highest BCUT2D eigenvalue weighted by molar-refractivity contribution is 5.90. The highest BCUT2D eigenvalue weighted by atomic mass is 16.5. The monoisotopic (exact) mass is 114 g/mol. The lowest BCUT2D eigenvalue weighted by Crippen LogP contribution is -2.03. The van der Waals surface area contributed by atoms with E-state index in [1.807, 2.05) is 6.92 Å². The summed E-state index contributed by atoms with van der Waals surface area (Å²) in [5, 5.41) is 0. The van der Waals surface area contributed by atoms with Crippen LogP contribution < -0.4 is 0 Å². The fourth-order valence-electron chi connectivity index (χ4n) is 0.262. The number of ketones is 1. The largest absolute Gasteiger partial charge is 0.374 e. The van der Waals surface area contributed by atoms with E-state index < -0.39 is 0 Å². The first kappa shape index (κ1) is 7.37. The van der Waals surface area contributed by atoms with Crippen molar-refractivity contribution in [3.63, 3.8) is 0 Å². The van der Waals surface area contributed by atoms with Gasteiger partial charge in [0.15, 0.2) is 5.78 Å². The Kier molecular flexibility index (Phi) is 4.17. The van der Waals surface area contributed by atoms with Gasteiger partial charge in [-0.05, 0) is 13.0 Å². The zero-order valence-electron chi connectivity index (χ0n) is 5.02. The molecule has 0 N–H and O–H groups in total. The highest BCUT2D eigenvalue weighted by Gasteiger charge is 1.90. The van der Waals surface area contributed by atoms with E-state index in [2.05, 4.69) is 6.58 Å². The van der Waals surface area contributed by atoms with Gasteiger partial charge >= 0.3 is 0 Å². The van der Waals surface area contributed by atoms with Crippen molar-refractivity contribution in [3.05, 3.63) is 12.7 Å². The Bertz CT molecular complexity index is 86.5. The van der Waals surface area contributed by atoms with Crippen molar-refractivity contribution in [2.24, 2.45) is 0 Å². The van der Waals surface area contributed by atoms with Gasteiger partial charge in [0.05, 0.1) is 0 Å². The zero-order chi connectivity index (χ0) is 6.41. The van der Waals surface area contributed by atoms with Crippen molar-refractivity contribution in [2.45, 2.75) is 6.92 Å². The molecule has 2 heteroatoms. The van der Waals surface area contributed by atoms with Crippen molar-refractivity contribution in [1.29, 1.82) is 0 Å². The number of rotatable bonds is 4. The van der Waals surface area contributed by atoms with Crippen molar-refractivity contribution in [1.82, 2.24) is 0 Å². The molecule has 46 valence electrons. The molecule has 0 saturated carbocycles. The van der Waals surface area contributed by atoms with Gasteiger partial charge in [-0.25, -0.2) is 0 Å². The molecular weight excluding hydrogens is 104 g/mol. The number of carbonyl (C=O) groups is 1. The normalized spacial score (nSPS) is 8.62. The molecule has 8 heavy (non-hydrogen) atoms. The summed E-state index contributed by atoms with van der Waals surface area (Å²) in [4.78, 5) is 10.3. The first-order valence-corrected chi connectivity index (χ1v) is 2.54. The minimum Gasteiger partial charge on any atom is -0.374 e. The molecule has 0 radical (unpaired) electrons. The van der Waals surface area contributed by atoms with Gasteiger partial charge in [0.1, 0.15) is 6.61 Å². The predicted molar refractivity (Wildman–Crippen MR) is 31.7 cm³/mol. The lowest BCUT2D eigenvalue weighted by Gasteiger charge is -1.92. The van der Waals surface area contributed by atoms with Gasteiger partial charge in [-0.15, -0.1) is 0 Å². The van der Waals surface area contributed by atoms with E-state index in [1.165, 1.54) is 6.08 Å². The van der Waals surface area contributed by atoms with Crippen LogP contribution in [0.3, 0.4) is 0 Å². The second kappa shape index (κ2) is 4.53. The fraction of sp³-hybridized carbons (Fsp3) is 0.500. The first-order valence-electron chi connectivity index (χ1n) is 2.54. The molecule has 0 aromatic rings. The molecule has 0 atom stereocenters. The molecule has 0 aliphatic rings. The maximum atomic E-state index is 10.3. The van der Waals surface area contributed by atoms with Crippen LogP contribution in [0.15, 0.2) is 12.7 Å². The van der Waals surface area contributed by atoms with Crippen molar-refractivity contribution in [2.75, 3.05) is 13.2 Å². The highest BCUT2D eigenvalue weighted by Crippen LogP contribution is 1.75. The molecule has 0 bridgehead atoms. The molecule has 2 nitrogen and oxygen atoms in total. The summed E-state index contributed by atoms with van der Waals surface area (Å²) in [7, 11) is 0. The molecule has 0 aromatic carbocycles. The Hall–Kier alpha value is -0.630. The van der Waals surface area contributed by atoms with E-state index in [0.717, 1.165) is 0 Å². The maximum Gasteiger partial charge on any atom is 0.180 e. The lowest BCUT2D eigenvalue weighted by atomic mass is 10.4. The molecule has 0 aliphatic carbocycles. The van der Waals surface area contributed by atoms with Crippen molar-refractivity contribution >= 4 is 5.78 Å². The van der Waals surface area contributed by atoms with E-state index in [0.29, 0.717) is 6.61 Å². The lowest BCUT2D eigenvalue weighted by molar-refractivity contribution is -0.118. The molecular formula is C6H10O2. The Balaban J connectivity index is 3.11. The Morgan fingerprint density at radius 2 is 2.50 bits per heavy atom. The molecule has 0 unspecified atom stereocenters. The van der Waals surface area contributed by atoms with Gasteiger partial charge in [0.25, 0.3) is 0 Å². The van der Waals surface area contributed by atoms with Crippen LogP contribution in [0.4, 0.5) is 0 Å². The van der Waals surface area contributed by atoms with Crippen LogP contribution in [-0.2, 0) is 9.53 Å². The number of hydrogen-bond acceptors (Lipinski definition) is 2. The molecule has 0 heterocycles. The summed E-state index contributed by atoms with van der Waals surface area (Å²) in [5.74, 6) is -0.0631. The fourth-order valence-corrected chi connectivity index (χ4v) is 0.262. The van der Waals surface area contributed by atoms with Crippen LogP contribution >= 0.6 is 0 Å². The second-order valence-electron chi connectivity index (χ2n) is 1.31. The smallest absolute Gasteiger partial charge is 0.180 e. The first-order chi connectivity index (χ1) is 3.81. The van der Waals surface area contributed by atoms with Crippen LogP contribution in [0.25, 0.3) is 0 Å². The van der Waals surface area contributed by atoms with E-state index >= 15 is 0 Å². The minimum atomic E-state index is -0.0631. The average Bonchev–Trinajstić information content (AvgIpc) is 1.83. The zero-order valence-corrected chi connectivity index (χ0v) is 5.02. The minimum absolute atomic E-state index is 0.0631. The van der Waals surface area contributed by atoms with E-state index in [9.17, 15) is 4.79 Å². The van der Waals surface area contributed by atoms with E-state index in [-0.39, 0.29) is 12.4 Å². The van der Waals surface area contributed by atoms with Crippen LogP contribution in [-0.4, -0.2) is 19.0 Å². The number of carbonyl (C=O) groups excluding carboxylic acids is 1. The number of ether oxygens (including phenoxy) is 1. The summed E-state index contributed by atoms with van der Waals surface area (Å²) >= 11 is 0. The van der Waals surface area contributed by atoms with Gasteiger partial charge < -0.3 is 4.74 Å². The van der Waals surface area contributed by atoms with Gasteiger partial charge in [0.2, 0.25) is 0 Å². The Labute approximate surface area is 49.1 Å². The van der Waals surface area contributed by atoms with Crippen LogP contribution in [0.2, 0.25) is 0 Å².